The molecule has 3 heterocycles. The number of furan rings is 1. The van der Waals surface area contributed by atoms with Crippen molar-refractivity contribution in [1.82, 2.24) is 10.3 Å². The van der Waals surface area contributed by atoms with Gasteiger partial charge in [0.1, 0.15) is 17.6 Å². The second-order valence-electron chi connectivity index (χ2n) is 8.12. The Morgan fingerprint density at radius 3 is 2.39 bits per heavy atom. The highest BCUT2D eigenvalue weighted by atomic mass is 79.9. The van der Waals surface area contributed by atoms with Crippen molar-refractivity contribution in [3.8, 4) is 11.3 Å². The summed E-state index contributed by atoms with van der Waals surface area (Å²) in [6.45, 7) is 0. The van der Waals surface area contributed by atoms with Gasteiger partial charge in [-0.15, -0.1) is 0 Å². The lowest BCUT2D eigenvalue weighted by atomic mass is 10.0. The summed E-state index contributed by atoms with van der Waals surface area (Å²) in [5.41, 5.74) is 4.07. The summed E-state index contributed by atoms with van der Waals surface area (Å²) in [7, 11) is 4.06. The molecular weight excluding hydrogens is 496 g/mol. The van der Waals surface area contributed by atoms with Gasteiger partial charge in [-0.25, -0.2) is 0 Å². The van der Waals surface area contributed by atoms with Gasteiger partial charge in [-0.2, -0.15) is 0 Å². The van der Waals surface area contributed by atoms with Crippen LogP contribution in [0, 0.1) is 0 Å². The number of pyridine rings is 1. The third kappa shape index (κ3) is 4.26. The van der Waals surface area contributed by atoms with Gasteiger partial charge in [-0.1, -0.05) is 34.1 Å². The number of anilines is 2. The molecule has 1 saturated heterocycles. The summed E-state index contributed by atoms with van der Waals surface area (Å²) >= 11 is 9.30. The van der Waals surface area contributed by atoms with E-state index in [1.165, 1.54) is 0 Å². The third-order valence-corrected chi connectivity index (χ3v) is 6.63. The molecule has 5 nitrogen and oxygen atoms in total. The molecule has 2 aromatic carbocycles. The highest BCUT2D eigenvalue weighted by Crippen LogP contribution is 2.43. The molecule has 166 valence electrons. The van der Waals surface area contributed by atoms with Crippen LogP contribution in [0.15, 0.2) is 93.9 Å². The molecule has 0 radical (unpaired) electrons. The van der Waals surface area contributed by atoms with Crippen molar-refractivity contribution in [1.29, 1.82) is 0 Å². The minimum absolute atomic E-state index is 0.142. The van der Waals surface area contributed by atoms with Gasteiger partial charge in [0.15, 0.2) is 5.11 Å². The normalized spacial score (nSPS) is 17.8. The van der Waals surface area contributed by atoms with Crippen molar-refractivity contribution in [2.45, 2.75) is 12.1 Å². The van der Waals surface area contributed by atoms with Crippen LogP contribution in [0.5, 0.6) is 0 Å². The Labute approximate surface area is 207 Å². The smallest absolute Gasteiger partial charge is 0.174 e. The van der Waals surface area contributed by atoms with Crippen molar-refractivity contribution in [3.63, 3.8) is 0 Å². The zero-order chi connectivity index (χ0) is 22.9. The maximum atomic E-state index is 6.41. The zero-order valence-electron chi connectivity index (χ0n) is 18.3. The SMILES string of the molecule is CN(C)c1ccc(N2C(=S)N[C@H](c3ccccn3)[C@H]2c2ccc(-c3ccc(Br)cc3)o2)cc1. The molecule has 2 aromatic heterocycles. The molecule has 1 aliphatic heterocycles. The number of hydrogen-bond acceptors (Lipinski definition) is 4. The number of nitrogens with zero attached hydrogens (tertiary/aromatic N) is 3. The fourth-order valence-corrected chi connectivity index (χ4v) is 4.72. The molecule has 1 N–H and O–H groups in total. The predicted molar refractivity (Wildman–Crippen MR) is 141 cm³/mol. The Morgan fingerprint density at radius 2 is 1.73 bits per heavy atom. The van der Waals surface area contributed by atoms with Crippen LogP contribution in [0.4, 0.5) is 11.4 Å². The van der Waals surface area contributed by atoms with Gasteiger partial charge in [0, 0.05) is 41.7 Å². The van der Waals surface area contributed by atoms with E-state index in [2.05, 4.69) is 60.3 Å². The van der Waals surface area contributed by atoms with E-state index in [4.69, 9.17) is 16.6 Å². The van der Waals surface area contributed by atoms with Crippen LogP contribution in [-0.2, 0) is 0 Å². The average molecular weight is 519 g/mol. The molecule has 5 rings (SSSR count). The second kappa shape index (κ2) is 9.00. The summed E-state index contributed by atoms with van der Waals surface area (Å²) in [6, 6.07) is 26.1. The Morgan fingerprint density at radius 1 is 0.970 bits per heavy atom. The van der Waals surface area contributed by atoms with Gasteiger partial charge < -0.3 is 19.5 Å². The number of rotatable bonds is 5. The number of thiocarbonyl (C=S) groups is 1. The lowest BCUT2D eigenvalue weighted by molar-refractivity contribution is 0.439. The number of halogens is 1. The van der Waals surface area contributed by atoms with E-state index in [1.54, 1.807) is 6.20 Å². The summed E-state index contributed by atoms with van der Waals surface area (Å²) in [4.78, 5) is 8.81. The summed E-state index contributed by atoms with van der Waals surface area (Å²) in [5, 5.41) is 4.13. The first-order valence-electron chi connectivity index (χ1n) is 10.6. The van der Waals surface area contributed by atoms with Crippen LogP contribution in [-0.4, -0.2) is 24.2 Å². The fraction of sp³-hybridized carbons (Fsp3) is 0.154. The molecule has 2 atom stereocenters. The topological polar surface area (TPSA) is 44.5 Å². The highest BCUT2D eigenvalue weighted by Gasteiger charge is 2.42. The third-order valence-electron chi connectivity index (χ3n) is 5.79. The lowest BCUT2D eigenvalue weighted by Gasteiger charge is -2.26. The van der Waals surface area contributed by atoms with Crippen LogP contribution >= 0.6 is 28.1 Å². The van der Waals surface area contributed by atoms with E-state index >= 15 is 0 Å². The Hall–Kier alpha value is -3.16. The minimum atomic E-state index is -0.179. The van der Waals surface area contributed by atoms with Crippen LogP contribution in [0.2, 0.25) is 0 Å². The maximum Gasteiger partial charge on any atom is 0.174 e. The van der Waals surface area contributed by atoms with Crippen LogP contribution in [0.3, 0.4) is 0 Å². The summed E-state index contributed by atoms with van der Waals surface area (Å²) < 4.78 is 7.45. The minimum Gasteiger partial charge on any atom is -0.459 e. The Bertz CT molecular complexity index is 1260. The van der Waals surface area contributed by atoms with Gasteiger partial charge in [0.05, 0.1) is 11.7 Å². The maximum absolute atomic E-state index is 6.41. The van der Waals surface area contributed by atoms with E-state index in [0.717, 1.165) is 38.6 Å². The number of hydrogen-bond donors (Lipinski definition) is 1. The quantitative estimate of drug-likeness (QED) is 0.310. The highest BCUT2D eigenvalue weighted by molar-refractivity contribution is 9.10. The molecule has 33 heavy (non-hydrogen) atoms. The largest absolute Gasteiger partial charge is 0.459 e. The molecule has 0 bridgehead atoms. The number of aromatic nitrogens is 1. The van der Waals surface area contributed by atoms with Crippen molar-refractivity contribution in [3.05, 3.63) is 101 Å². The lowest BCUT2D eigenvalue weighted by Crippen LogP contribution is -2.29. The second-order valence-corrected chi connectivity index (χ2v) is 9.42. The molecule has 1 aliphatic rings. The zero-order valence-corrected chi connectivity index (χ0v) is 20.7. The molecule has 4 aromatic rings. The van der Waals surface area contributed by atoms with Gasteiger partial charge in [0.25, 0.3) is 0 Å². The number of benzene rings is 2. The summed E-state index contributed by atoms with van der Waals surface area (Å²) in [6.07, 6.45) is 1.81. The Balaban J connectivity index is 1.57. The van der Waals surface area contributed by atoms with E-state index in [9.17, 15) is 0 Å². The van der Waals surface area contributed by atoms with Crippen molar-refractivity contribution in [2.24, 2.45) is 0 Å². The predicted octanol–water partition coefficient (Wildman–Crippen LogP) is 6.35. The molecule has 0 amide bonds. The van der Waals surface area contributed by atoms with Crippen LogP contribution in [0.25, 0.3) is 11.3 Å². The van der Waals surface area contributed by atoms with Crippen molar-refractivity contribution < 1.29 is 4.42 Å². The molecular formula is C26H23BrN4OS. The van der Waals surface area contributed by atoms with E-state index < -0.39 is 0 Å². The molecule has 0 unspecified atom stereocenters. The van der Waals surface area contributed by atoms with Crippen LogP contribution in [0.1, 0.15) is 23.5 Å². The molecule has 7 heteroatoms. The van der Waals surface area contributed by atoms with E-state index in [1.807, 2.05) is 68.7 Å². The van der Waals surface area contributed by atoms with Crippen molar-refractivity contribution in [2.75, 3.05) is 23.9 Å². The number of nitrogens with one attached hydrogen (secondary N) is 1. The van der Waals surface area contributed by atoms with Gasteiger partial charge in [0.2, 0.25) is 0 Å². The monoisotopic (exact) mass is 518 g/mol. The van der Waals surface area contributed by atoms with Gasteiger partial charge in [-0.3, -0.25) is 4.98 Å². The molecule has 0 saturated carbocycles. The molecule has 0 spiro atoms. The van der Waals surface area contributed by atoms with E-state index in [0.29, 0.717) is 5.11 Å². The average Bonchev–Trinajstić information content (AvgIpc) is 3.45. The van der Waals surface area contributed by atoms with Crippen LogP contribution < -0.4 is 15.1 Å². The molecule has 0 aliphatic carbocycles. The summed E-state index contributed by atoms with van der Waals surface area (Å²) in [5.74, 6) is 1.64. The Kier molecular flexibility index (Phi) is 5.91. The van der Waals surface area contributed by atoms with Gasteiger partial charge in [-0.05, 0) is 72.9 Å². The van der Waals surface area contributed by atoms with Crippen molar-refractivity contribution >= 4 is 44.6 Å². The fourth-order valence-electron chi connectivity index (χ4n) is 4.11. The first-order valence-corrected chi connectivity index (χ1v) is 11.8. The first-order chi connectivity index (χ1) is 16.0. The molecule has 1 fully saturated rings. The van der Waals surface area contributed by atoms with E-state index in [-0.39, 0.29) is 12.1 Å². The standard InChI is InChI=1S/C26H23BrN4OS/c1-30(2)19-10-12-20(13-11-19)31-25(24(29-26(31)33)21-5-3-4-16-28-21)23-15-14-22(32-23)17-6-8-18(27)9-7-17/h3-16,24-25H,1-2H3,(H,29,33)/t24-,25-/m1/s1. The first kappa shape index (κ1) is 21.7. The van der Waals surface area contributed by atoms with Gasteiger partial charge >= 0.3 is 0 Å².